The third-order valence-corrected chi connectivity index (χ3v) is 5.44. The van der Waals surface area contributed by atoms with E-state index < -0.39 is 12.0 Å². The number of methoxy groups -OCH3 is 1. The van der Waals surface area contributed by atoms with E-state index in [1.165, 1.54) is 0 Å². The van der Waals surface area contributed by atoms with Crippen LogP contribution in [0, 0.1) is 0 Å². The molecule has 0 saturated heterocycles. The van der Waals surface area contributed by atoms with Crippen LogP contribution in [-0.2, 0) is 11.2 Å². The van der Waals surface area contributed by atoms with Gasteiger partial charge in [0.15, 0.2) is 6.10 Å². The Balaban J connectivity index is 1.70. The van der Waals surface area contributed by atoms with Crippen molar-refractivity contribution in [2.45, 2.75) is 18.4 Å². The highest BCUT2D eigenvalue weighted by Crippen LogP contribution is 2.24. The fourth-order valence-corrected chi connectivity index (χ4v) is 3.46. The fraction of sp³-hybridized carbons (Fsp3) is 0.208. The van der Waals surface area contributed by atoms with Gasteiger partial charge in [0.05, 0.1) is 7.11 Å². The molecule has 0 fully saturated rings. The van der Waals surface area contributed by atoms with E-state index in [9.17, 15) is 9.90 Å². The van der Waals surface area contributed by atoms with Crippen LogP contribution in [0.25, 0.3) is 0 Å². The van der Waals surface area contributed by atoms with Crippen LogP contribution in [0.2, 0.25) is 10.0 Å². The molecule has 6 heteroatoms. The van der Waals surface area contributed by atoms with Crippen LogP contribution in [0.3, 0.4) is 0 Å². The van der Waals surface area contributed by atoms with Crippen molar-refractivity contribution in [3.05, 3.63) is 99.5 Å². The lowest BCUT2D eigenvalue weighted by molar-refractivity contribution is -0.129. The zero-order valence-electron chi connectivity index (χ0n) is 16.5. The van der Waals surface area contributed by atoms with Crippen molar-refractivity contribution >= 4 is 29.1 Å². The molecule has 1 unspecified atom stereocenters. The fourth-order valence-electron chi connectivity index (χ4n) is 3.21. The molecule has 4 nitrogen and oxygen atoms in total. The number of rotatable bonds is 8. The van der Waals surface area contributed by atoms with E-state index in [1.54, 1.807) is 31.4 Å². The van der Waals surface area contributed by atoms with Crippen LogP contribution >= 0.6 is 23.2 Å². The van der Waals surface area contributed by atoms with Crippen molar-refractivity contribution in [1.82, 2.24) is 5.32 Å². The molecule has 3 aromatic carbocycles. The number of carbonyl (C=O) groups is 1. The third-order valence-electron chi connectivity index (χ3n) is 4.94. The minimum atomic E-state index is -1.25. The second kappa shape index (κ2) is 10.5. The summed E-state index contributed by atoms with van der Waals surface area (Å²) in [6, 6.07) is 22.0. The molecule has 0 spiro atoms. The quantitative estimate of drug-likeness (QED) is 0.504. The highest BCUT2D eigenvalue weighted by molar-refractivity contribution is 6.30. The third kappa shape index (κ3) is 5.99. The van der Waals surface area contributed by atoms with E-state index in [1.807, 2.05) is 48.5 Å². The van der Waals surface area contributed by atoms with Gasteiger partial charge in [-0.2, -0.15) is 0 Å². The van der Waals surface area contributed by atoms with Crippen molar-refractivity contribution in [3.8, 4) is 5.75 Å². The number of aliphatic hydroxyl groups is 1. The van der Waals surface area contributed by atoms with E-state index in [2.05, 4.69) is 5.32 Å². The van der Waals surface area contributed by atoms with Gasteiger partial charge in [0.25, 0.3) is 5.91 Å². The molecular formula is C24H23Cl2NO3. The first-order valence-corrected chi connectivity index (χ1v) is 10.3. The lowest BCUT2D eigenvalue weighted by atomic mass is 9.91. The Labute approximate surface area is 186 Å². The minimum Gasteiger partial charge on any atom is -0.497 e. The SMILES string of the molecule is COc1ccc(C(O)C(=O)NC[C@H](Cc2ccc(Cl)cc2)c2ccc(Cl)cc2)cc1. The Hall–Kier alpha value is -2.53. The highest BCUT2D eigenvalue weighted by Gasteiger charge is 2.20. The molecule has 0 aromatic heterocycles. The van der Waals surface area contributed by atoms with Gasteiger partial charge in [-0.1, -0.05) is 59.6 Å². The molecule has 0 aliphatic heterocycles. The molecule has 2 atom stereocenters. The smallest absolute Gasteiger partial charge is 0.253 e. The molecule has 0 saturated carbocycles. The maximum absolute atomic E-state index is 12.6. The number of aliphatic hydroxyl groups excluding tert-OH is 1. The summed E-state index contributed by atoms with van der Waals surface area (Å²) in [5.74, 6) is 0.225. The Bertz CT molecular complexity index is 957. The van der Waals surface area contributed by atoms with E-state index in [0.717, 1.165) is 11.1 Å². The summed E-state index contributed by atoms with van der Waals surface area (Å²) in [5.41, 5.74) is 2.66. The molecule has 0 bridgehead atoms. The van der Waals surface area contributed by atoms with Crippen molar-refractivity contribution < 1.29 is 14.6 Å². The Kier molecular flexibility index (Phi) is 7.75. The maximum Gasteiger partial charge on any atom is 0.253 e. The first kappa shape index (κ1) is 22.2. The molecule has 0 aliphatic carbocycles. The van der Waals surface area contributed by atoms with Crippen LogP contribution in [-0.4, -0.2) is 24.7 Å². The van der Waals surface area contributed by atoms with Gasteiger partial charge in [-0.25, -0.2) is 0 Å². The van der Waals surface area contributed by atoms with Crippen LogP contribution in [0.1, 0.15) is 28.7 Å². The zero-order chi connectivity index (χ0) is 21.5. The zero-order valence-corrected chi connectivity index (χ0v) is 18.0. The second-order valence-corrected chi connectivity index (χ2v) is 7.87. The van der Waals surface area contributed by atoms with Crippen LogP contribution in [0.5, 0.6) is 5.75 Å². The molecular weight excluding hydrogens is 421 g/mol. The Morgan fingerprint density at radius 2 is 1.43 bits per heavy atom. The van der Waals surface area contributed by atoms with Gasteiger partial charge >= 0.3 is 0 Å². The number of amides is 1. The average molecular weight is 444 g/mol. The number of carbonyl (C=O) groups excluding carboxylic acids is 1. The van der Waals surface area contributed by atoms with Crippen molar-refractivity contribution in [3.63, 3.8) is 0 Å². The summed E-state index contributed by atoms with van der Waals surface area (Å²) in [6.45, 7) is 0.371. The molecule has 0 radical (unpaired) electrons. The Morgan fingerprint density at radius 1 is 0.900 bits per heavy atom. The van der Waals surface area contributed by atoms with E-state index in [0.29, 0.717) is 34.3 Å². The molecule has 156 valence electrons. The lowest BCUT2D eigenvalue weighted by Gasteiger charge is -2.20. The monoisotopic (exact) mass is 443 g/mol. The Morgan fingerprint density at radius 3 is 2.00 bits per heavy atom. The number of nitrogens with one attached hydrogen (secondary N) is 1. The van der Waals surface area contributed by atoms with Crippen molar-refractivity contribution in [2.24, 2.45) is 0 Å². The topological polar surface area (TPSA) is 58.6 Å². The maximum atomic E-state index is 12.6. The van der Waals surface area contributed by atoms with Gasteiger partial charge in [0, 0.05) is 22.5 Å². The molecule has 0 heterocycles. The minimum absolute atomic E-state index is 0.00968. The van der Waals surface area contributed by atoms with Crippen LogP contribution < -0.4 is 10.1 Å². The summed E-state index contributed by atoms with van der Waals surface area (Å²) < 4.78 is 5.11. The average Bonchev–Trinajstić information content (AvgIpc) is 2.78. The van der Waals surface area contributed by atoms with Crippen molar-refractivity contribution in [1.29, 1.82) is 0 Å². The predicted octanol–water partition coefficient (Wildman–Crippen LogP) is 5.18. The van der Waals surface area contributed by atoms with Gasteiger partial charge < -0.3 is 15.2 Å². The number of hydrogen-bond acceptors (Lipinski definition) is 3. The summed E-state index contributed by atoms with van der Waals surface area (Å²) in [6.07, 6.45) is -0.546. The van der Waals surface area contributed by atoms with Gasteiger partial charge in [0.1, 0.15) is 5.75 Å². The van der Waals surface area contributed by atoms with Gasteiger partial charge in [-0.15, -0.1) is 0 Å². The summed E-state index contributed by atoms with van der Waals surface area (Å²) in [7, 11) is 1.57. The molecule has 3 aromatic rings. The number of benzene rings is 3. The number of ether oxygens (including phenoxy) is 1. The first-order chi connectivity index (χ1) is 14.5. The summed E-state index contributed by atoms with van der Waals surface area (Å²) in [4.78, 5) is 12.6. The molecule has 0 aliphatic rings. The molecule has 30 heavy (non-hydrogen) atoms. The van der Waals surface area contributed by atoms with Crippen LogP contribution in [0.4, 0.5) is 0 Å². The highest BCUT2D eigenvalue weighted by atomic mass is 35.5. The number of hydrogen-bond donors (Lipinski definition) is 2. The standard InChI is InChI=1S/C24H23Cl2NO3/c1-30-22-12-6-18(7-13-22)23(28)24(29)27-15-19(17-4-10-21(26)11-5-17)14-16-2-8-20(25)9-3-16/h2-13,19,23,28H,14-15H2,1H3,(H,27,29)/t19-,23?/m0/s1. The number of halogens is 2. The van der Waals surface area contributed by atoms with Gasteiger partial charge in [-0.3, -0.25) is 4.79 Å². The second-order valence-electron chi connectivity index (χ2n) is 7.00. The normalized spacial score (nSPS) is 12.8. The lowest BCUT2D eigenvalue weighted by Crippen LogP contribution is -2.33. The van der Waals surface area contributed by atoms with E-state index in [-0.39, 0.29) is 5.92 Å². The predicted molar refractivity (Wildman–Crippen MR) is 120 cm³/mol. The summed E-state index contributed by atoms with van der Waals surface area (Å²) in [5, 5.41) is 14.6. The first-order valence-electron chi connectivity index (χ1n) is 9.56. The van der Waals surface area contributed by atoms with E-state index >= 15 is 0 Å². The summed E-state index contributed by atoms with van der Waals surface area (Å²) >= 11 is 12.0. The molecule has 3 rings (SSSR count). The van der Waals surface area contributed by atoms with Crippen LogP contribution in [0.15, 0.2) is 72.8 Å². The molecule has 1 amide bonds. The van der Waals surface area contributed by atoms with Gasteiger partial charge in [-0.05, 0) is 59.5 Å². The van der Waals surface area contributed by atoms with Gasteiger partial charge in [0.2, 0.25) is 0 Å². The van der Waals surface area contributed by atoms with Crippen molar-refractivity contribution in [2.75, 3.05) is 13.7 Å². The largest absolute Gasteiger partial charge is 0.497 e. The van der Waals surface area contributed by atoms with E-state index in [4.69, 9.17) is 27.9 Å². The molecule has 2 N–H and O–H groups in total.